The Hall–Kier alpha value is -4.87. The monoisotopic (exact) mass is 767 g/mol. The lowest BCUT2D eigenvalue weighted by Crippen LogP contribution is -2.46. The second-order valence-corrected chi connectivity index (χ2v) is 12.5. The van der Waals surface area contributed by atoms with E-state index in [9.17, 15) is 46.6 Å². The van der Waals surface area contributed by atoms with Gasteiger partial charge < -0.3 is 4.90 Å². The summed E-state index contributed by atoms with van der Waals surface area (Å²) >= 11 is 5.33. The van der Waals surface area contributed by atoms with Crippen LogP contribution in [0.2, 0.25) is 5.02 Å². The van der Waals surface area contributed by atoms with Crippen LogP contribution in [0.25, 0.3) is 0 Å². The van der Waals surface area contributed by atoms with E-state index >= 15 is 0 Å². The van der Waals surface area contributed by atoms with Gasteiger partial charge in [-0.1, -0.05) is 30.2 Å². The van der Waals surface area contributed by atoms with Crippen LogP contribution in [0.3, 0.4) is 0 Å². The molecular weight excluding hydrogens is 732 g/mol. The highest BCUT2D eigenvalue weighted by Gasteiger charge is 2.35. The summed E-state index contributed by atoms with van der Waals surface area (Å²) in [5, 5.41) is 21.2. The topological polar surface area (TPSA) is 122 Å². The number of piperidine rings is 1. The molecule has 2 fully saturated rings. The summed E-state index contributed by atoms with van der Waals surface area (Å²) in [6.07, 6.45) is -1.51. The largest absolute Gasteiger partial charge is 0.416 e. The van der Waals surface area contributed by atoms with Gasteiger partial charge in [-0.25, -0.2) is 0 Å². The van der Waals surface area contributed by atoms with Gasteiger partial charge in [0, 0.05) is 63.8 Å². The van der Waals surface area contributed by atoms with Crippen molar-refractivity contribution >= 4 is 28.7 Å². The zero-order valence-corrected chi connectivity index (χ0v) is 29.0. The molecule has 6 rings (SSSR count). The second kappa shape index (κ2) is 18.8. The number of halogens is 7. The van der Waals surface area contributed by atoms with Crippen LogP contribution in [0.15, 0.2) is 85.2 Å². The molecule has 4 aromatic rings. The van der Waals surface area contributed by atoms with Crippen molar-refractivity contribution in [2.45, 2.75) is 44.7 Å². The first-order valence-corrected chi connectivity index (χ1v) is 16.9. The van der Waals surface area contributed by atoms with E-state index in [1.807, 2.05) is 30.5 Å². The Bertz CT molecular complexity index is 1790. The van der Waals surface area contributed by atoms with E-state index in [1.165, 1.54) is 44.1 Å². The molecule has 0 unspecified atom stereocenters. The van der Waals surface area contributed by atoms with Crippen molar-refractivity contribution in [3.05, 3.63) is 133 Å². The number of nitro benzene ring substituents is 2. The summed E-state index contributed by atoms with van der Waals surface area (Å²) in [5.74, 6) is 0. The normalized spacial score (nSPS) is 15.4. The fourth-order valence-corrected chi connectivity index (χ4v) is 5.83. The van der Waals surface area contributed by atoms with Crippen LogP contribution in [0.4, 0.5) is 43.4 Å². The summed E-state index contributed by atoms with van der Waals surface area (Å²) in [4.78, 5) is 34.8. The minimum Gasteiger partial charge on any atom is -0.363 e. The van der Waals surface area contributed by atoms with Crippen molar-refractivity contribution in [2.75, 3.05) is 44.2 Å². The molecule has 0 saturated carbocycles. The molecule has 0 N–H and O–H groups in total. The molecular formula is C35H36ClF6N7O4. The first-order chi connectivity index (χ1) is 25.1. The summed E-state index contributed by atoms with van der Waals surface area (Å²) < 4.78 is 74.7. The molecule has 2 aliphatic heterocycles. The molecule has 53 heavy (non-hydrogen) atoms. The molecule has 2 aromatic heterocycles. The number of piperazine rings is 1. The highest BCUT2D eigenvalue weighted by molar-refractivity contribution is 6.32. The highest BCUT2D eigenvalue weighted by Crippen LogP contribution is 2.37. The predicted molar refractivity (Wildman–Crippen MR) is 186 cm³/mol. The molecule has 0 aliphatic carbocycles. The van der Waals surface area contributed by atoms with Gasteiger partial charge in [-0.05, 0) is 74.5 Å². The Balaban J connectivity index is 0.000000196. The standard InChI is InChI=1S/C17H17F3N4O2.C11H16N2.C7H3ClF3NO2/c18-17(19,20)13-4-5-15(16(11-13)24(25)26)23-9-7-22(8-10-23)12-14-3-1-2-6-21-14;1-4-8-13(9-5-1)10-11-6-2-3-7-12-11;8-5-2-1-4(7(9,10)11)3-6(5)12(13)14/h1-6,11H,7-10,12H2;2-3,6-7H,1,4-5,8-10H2;1-3H. The number of pyridine rings is 2. The Kier molecular flexibility index (Phi) is 14.5. The number of benzene rings is 2. The summed E-state index contributed by atoms with van der Waals surface area (Å²) in [6.45, 7) is 6.49. The first-order valence-electron chi connectivity index (χ1n) is 16.5. The van der Waals surface area contributed by atoms with Gasteiger partial charge in [0.05, 0.1) is 32.4 Å². The fraction of sp³-hybridized carbons (Fsp3) is 0.371. The highest BCUT2D eigenvalue weighted by atomic mass is 35.5. The van der Waals surface area contributed by atoms with Gasteiger partial charge >= 0.3 is 12.4 Å². The summed E-state index contributed by atoms with van der Waals surface area (Å²) in [5.41, 5.74) is -1.01. The predicted octanol–water partition coefficient (Wildman–Crippen LogP) is 8.67. The molecule has 284 valence electrons. The molecule has 0 bridgehead atoms. The second-order valence-electron chi connectivity index (χ2n) is 12.1. The van der Waals surface area contributed by atoms with E-state index in [0.717, 1.165) is 24.4 Å². The number of anilines is 1. The lowest BCUT2D eigenvalue weighted by molar-refractivity contribution is -0.385. The van der Waals surface area contributed by atoms with Gasteiger partial charge in [0.15, 0.2) is 0 Å². The average Bonchev–Trinajstić information content (AvgIpc) is 3.13. The summed E-state index contributed by atoms with van der Waals surface area (Å²) in [7, 11) is 0. The average molecular weight is 768 g/mol. The number of hydrogen-bond donors (Lipinski definition) is 0. The van der Waals surface area contributed by atoms with E-state index in [4.69, 9.17) is 11.6 Å². The lowest BCUT2D eigenvalue weighted by Gasteiger charge is -2.35. The lowest BCUT2D eigenvalue weighted by atomic mass is 10.1. The Labute approximate surface area is 306 Å². The van der Waals surface area contributed by atoms with Crippen LogP contribution >= 0.6 is 11.6 Å². The molecule has 18 heteroatoms. The van der Waals surface area contributed by atoms with Crippen molar-refractivity contribution in [3.8, 4) is 0 Å². The number of alkyl halides is 6. The van der Waals surface area contributed by atoms with Gasteiger partial charge in [-0.3, -0.25) is 40.0 Å². The third-order valence-corrected chi connectivity index (χ3v) is 8.67. The molecule has 0 amide bonds. The van der Waals surface area contributed by atoms with Crippen molar-refractivity contribution in [2.24, 2.45) is 0 Å². The van der Waals surface area contributed by atoms with Crippen LogP contribution in [0.5, 0.6) is 0 Å². The van der Waals surface area contributed by atoms with Crippen LogP contribution in [0, 0.1) is 20.2 Å². The maximum atomic E-state index is 12.8. The van der Waals surface area contributed by atoms with E-state index in [0.29, 0.717) is 50.9 Å². The van der Waals surface area contributed by atoms with E-state index in [1.54, 1.807) is 11.1 Å². The van der Waals surface area contributed by atoms with E-state index in [-0.39, 0.29) is 10.7 Å². The van der Waals surface area contributed by atoms with Crippen molar-refractivity contribution in [1.29, 1.82) is 0 Å². The van der Waals surface area contributed by atoms with E-state index in [2.05, 4.69) is 31.9 Å². The van der Waals surface area contributed by atoms with Gasteiger partial charge in [-0.2, -0.15) is 26.3 Å². The Morgan fingerprint density at radius 2 is 1.09 bits per heavy atom. The van der Waals surface area contributed by atoms with Crippen molar-refractivity contribution in [1.82, 2.24) is 19.8 Å². The molecule has 0 radical (unpaired) electrons. The smallest absolute Gasteiger partial charge is 0.363 e. The minimum absolute atomic E-state index is 0.223. The van der Waals surface area contributed by atoms with Gasteiger partial charge in [-0.15, -0.1) is 0 Å². The zero-order valence-electron chi connectivity index (χ0n) is 28.3. The number of nitro groups is 2. The summed E-state index contributed by atoms with van der Waals surface area (Å²) in [6, 6.07) is 16.4. The van der Waals surface area contributed by atoms with E-state index < -0.39 is 44.7 Å². The molecule has 2 saturated heterocycles. The molecule has 0 spiro atoms. The van der Waals surface area contributed by atoms with Crippen LogP contribution < -0.4 is 4.90 Å². The van der Waals surface area contributed by atoms with Crippen LogP contribution in [-0.4, -0.2) is 68.9 Å². The number of aromatic nitrogens is 2. The van der Waals surface area contributed by atoms with Gasteiger partial charge in [0.2, 0.25) is 0 Å². The maximum absolute atomic E-state index is 12.8. The van der Waals surface area contributed by atoms with Gasteiger partial charge in [0.1, 0.15) is 10.7 Å². The number of likely N-dealkylation sites (tertiary alicyclic amines) is 1. The Morgan fingerprint density at radius 3 is 1.55 bits per heavy atom. The zero-order chi connectivity index (χ0) is 38.6. The quantitative estimate of drug-likeness (QED) is 0.103. The molecule has 2 aliphatic rings. The van der Waals surface area contributed by atoms with Crippen LogP contribution in [-0.2, 0) is 25.4 Å². The van der Waals surface area contributed by atoms with Gasteiger partial charge in [0.25, 0.3) is 11.4 Å². The number of hydrogen-bond acceptors (Lipinski definition) is 9. The molecule has 0 atom stereocenters. The first kappa shape index (κ1) is 40.9. The molecule has 11 nitrogen and oxygen atoms in total. The Morgan fingerprint density at radius 1 is 0.623 bits per heavy atom. The van der Waals surface area contributed by atoms with Crippen molar-refractivity contribution < 1.29 is 36.2 Å². The SMILES string of the molecule is O=[N+]([O-])c1cc(C(F)(F)F)ccc1Cl.O=[N+]([O-])c1cc(C(F)(F)F)ccc1N1CCN(Cc2ccccn2)CC1.c1ccc(CN2CCCCC2)nc1. The fourth-order valence-electron chi connectivity index (χ4n) is 5.65. The number of nitrogens with zero attached hydrogens (tertiary/aromatic N) is 7. The minimum atomic E-state index is -4.61. The van der Waals surface area contributed by atoms with Crippen molar-refractivity contribution in [3.63, 3.8) is 0 Å². The van der Waals surface area contributed by atoms with Crippen LogP contribution in [0.1, 0.15) is 41.8 Å². The third kappa shape index (κ3) is 12.6. The number of rotatable bonds is 7. The third-order valence-electron chi connectivity index (χ3n) is 8.35. The molecule has 2 aromatic carbocycles. The maximum Gasteiger partial charge on any atom is 0.416 e. The molecule has 4 heterocycles.